The highest BCUT2D eigenvalue weighted by Crippen LogP contribution is 2.23. The first-order valence-electron chi connectivity index (χ1n) is 10.3. The summed E-state index contributed by atoms with van der Waals surface area (Å²) in [6.45, 7) is 5.44. The Kier molecular flexibility index (Phi) is 7.07. The molecule has 4 amide bonds. The fourth-order valence-corrected chi connectivity index (χ4v) is 4.21. The maximum absolute atomic E-state index is 12.3. The number of nitrogens with one attached hydrogen (secondary N) is 2. The van der Waals surface area contributed by atoms with E-state index in [0.29, 0.717) is 38.7 Å². The third kappa shape index (κ3) is 5.65. The van der Waals surface area contributed by atoms with Crippen molar-refractivity contribution < 1.29 is 19.1 Å². The van der Waals surface area contributed by atoms with Crippen LogP contribution in [-0.4, -0.2) is 79.1 Å². The number of amides is 4. The lowest BCUT2D eigenvalue weighted by Gasteiger charge is -2.35. The topological polar surface area (TPSA) is 91.0 Å². The van der Waals surface area contributed by atoms with Crippen LogP contribution in [0.2, 0.25) is 0 Å². The summed E-state index contributed by atoms with van der Waals surface area (Å²) in [6.07, 6.45) is 5.89. The molecular formula is C19H32N4O4. The van der Waals surface area contributed by atoms with E-state index < -0.39 is 6.03 Å². The van der Waals surface area contributed by atoms with Crippen LogP contribution in [0.4, 0.5) is 4.79 Å². The number of carbonyl (C=O) groups is 3. The van der Waals surface area contributed by atoms with Gasteiger partial charge in [-0.05, 0) is 31.6 Å². The molecule has 0 aromatic carbocycles. The Morgan fingerprint density at radius 1 is 1.00 bits per heavy atom. The molecule has 0 aromatic rings. The Hall–Kier alpha value is -1.67. The zero-order valence-corrected chi connectivity index (χ0v) is 16.2. The minimum atomic E-state index is -0.397. The highest BCUT2D eigenvalue weighted by molar-refractivity contribution is 5.95. The molecule has 2 N–H and O–H groups in total. The van der Waals surface area contributed by atoms with Crippen molar-refractivity contribution in [1.29, 1.82) is 0 Å². The van der Waals surface area contributed by atoms with Gasteiger partial charge in [0.1, 0.15) is 6.10 Å². The largest absolute Gasteiger partial charge is 0.368 e. The number of ether oxygens (including phenoxy) is 1. The summed E-state index contributed by atoms with van der Waals surface area (Å²) in [6, 6.07) is -0.246. The van der Waals surface area contributed by atoms with Gasteiger partial charge in [0.15, 0.2) is 0 Å². The second-order valence-corrected chi connectivity index (χ2v) is 7.99. The van der Waals surface area contributed by atoms with Gasteiger partial charge in [-0.3, -0.25) is 19.8 Å². The van der Waals surface area contributed by atoms with E-state index in [2.05, 4.69) is 17.6 Å². The van der Waals surface area contributed by atoms with E-state index in [0.717, 1.165) is 32.1 Å². The number of nitrogens with zero attached hydrogens (tertiary/aromatic N) is 2. The molecule has 0 spiro atoms. The zero-order valence-electron chi connectivity index (χ0n) is 16.2. The molecule has 152 valence electrons. The van der Waals surface area contributed by atoms with E-state index in [1.807, 2.05) is 9.80 Å². The maximum Gasteiger partial charge on any atom is 0.321 e. The quantitative estimate of drug-likeness (QED) is 0.750. The number of urea groups is 1. The molecule has 0 aromatic heterocycles. The molecule has 2 aliphatic heterocycles. The number of hydrogen-bond donors (Lipinski definition) is 2. The van der Waals surface area contributed by atoms with Crippen LogP contribution in [0, 0.1) is 5.92 Å². The summed E-state index contributed by atoms with van der Waals surface area (Å²) in [7, 11) is 0. The van der Waals surface area contributed by atoms with Crippen molar-refractivity contribution >= 4 is 17.8 Å². The lowest BCUT2D eigenvalue weighted by Crippen LogP contribution is -2.54. The Labute approximate surface area is 161 Å². The summed E-state index contributed by atoms with van der Waals surface area (Å²) in [5, 5.41) is 5.38. The third-order valence-electron chi connectivity index (χ3n) is 5.94. The standard InChI is InChI=1S/C19H32N4O4/c1-14-5-2-3-6-15(14)20-19(26)21-17(24)13-22-8-10-23(11-9-22)18(25)16-7-4-12-27-16/h14-16H,2-13H2,1H3,(H2,20,21,24,26). The molecule has 8 heteroatoms. The Balaban J connectivity index is 1.35. The molecule has 1 saturated carbocycles. The zero-order chi connectivity index (χ0) is 19.2. The van der Waals surface area contributed by atoms with E-state index in [1.54, 1.807) is 0 Å². The molecule has 27 heavy (non-hydrogen) atoms. The predicted molar refractivity (Wildman–Crippen MR) is 100 cm³/mol. The molecule has 2 saturated heterocycles. The summed E-state index contributed by atoms with van der Waals surface area (Å²) in [5.41, 5.74) is 0. The van der Waals surface area contributed by atoms with Gasteiger partial charge < -0.3 is 15.0 Å². The summed E-state index contributed by atoms with van der Waals surface area (Å²) in [5.74, 6) is 0.224. The molecule has 3 aliphatic rings. The number of piperazine rings is 1. The first-order chi connectivity index (χ1) is 13.0. The fourth-order valence-electron chi connectivity index (χ4n) is 4.21. The van der Waals surface area contributed by atoms with E-state index in [9.17, 15) is 14.4 Å². The SMILES string of the molecule is CC1CCCCC1NC(=O)NC(=O)CN1CCN(C(=O)C2CCCO2)CC1. The second-order valence-electron chi connectivity index (χ2n) is 7.99. The molecule has 3 atom stereocenters. The number of rotatable bonds is 4. The second kappa shape index (κ2) is 9.50. The van der Waals surface area contributed by atoms with Gasteiger partial charge in [0.2, 0.25) is 5.91 Å². The average Bonchev–Trinajstić information content (AvgIpc) is 3.18. The number of hydrogen-bond acceptors (Lipinski definition) is 5. The molecule has 8 nitrogen and oxygen atoms in total. The molecule has 3 unspecified atom stereocenters. The summed E-state index contributed by atoms with van der Waals surface area (Å²) >= 11 is 0. The van der Waals surface area contributed by atoms with Crippen LogP contribution < -0.4 is 10.6 Å². The van der Waals surface area contributed by atoms with E-state index in [-0.39, 0.29) is 30.5 Å². The number of carbonyl (C=O) groups excluding carboxylic acids is 3. The number of imide groups is 1. The molecule has 3 rings (SSSR count). The third-order valence-corrected chi connectivity index (χ3v) is 5.94. The smallest absolute Gasteiger partial charge is 0.321 e. The van der Waals surface area contributed by atoms with Gasteiger partial charge in [0.25, 0.3) is 5.91 Å². The first-order valence-corrected chi connectivity index (χ1v) is 10.3. The van der Waals surface area contributed by atoms with Crippen molar-refractivity contribution in [3.63, 3.8) is 0 Å². The van der Waals surface area contributed by atoms with Crippen LogP contribution in [0.25, 0.3) is 0 Å². The van der Waals surface area contributed by atoms with Gasteiger partial charge in [0, 0.05) is 38.8 Å². The molecular weight excluding hydrogens is 348 g/mol. The van der Waals surface area contributed by atoms with Crippen molar-refractivity contribution in [3.05, 3.63) is 0 Å². The van der Waals surface area contributed by atoms with Crippen LogP contribution in [0.5, 0.6) is 0 Å². The lowest BCUT2D eigenvalue weighted by molar-refractivity contribution is -0.142. The van der Waals surface area contributed by atoms with Gasteiger partial charge >= 0.3 is 6.03 Å². The van der Waals surface area contributed by atoms with Gasteiger partial charge in [-0.2, -0.15) is 0 Å². The van der Waals surface area contributed by atoms with Gasteiger partial charge in [-0.1, -0.05) is 19.8 Å². The Bertz CT molecular complexity index is 542. The van der Waals surface area contributed by atoms with Gasteiger partial charge in [0.05, 0.1) is 6.54 Å². The first kappa shape index (κ1) is 20.1. The fraction of sp³-hybridized carbons (Fsp3) is 0.842. The van der Waals surface area contributed by atoms with Crippen LogP contribution >= 0.6 is 0 Å². The summed E-state index contributed by atoms with van der Waals surface area (Å²) < 4.78 is 5.46. The van der Waals surface area contributed by atoms with E-state index in [1.165, 1.54) is 6.42 Å². The van der Waals surface area contributed by atoms with Crippen molar-refractivity contribution in [2.24, 2.45) is 5.92 Å². The van der Waals surface area contributed by atoms with Gasteiger partial charge in [-0.15, -0.1) is 0 Å². The van der Waals surface area contributed by atoms with E-state index in [4.69, 9.17) is 4.74 Å². The Morgan fingerprint density at radius 3 is 2.41 bits per heavy atom. The summed E-state index contributed by atoms with van der Waals surface area (Å²) in [4.78, 5) is 40.4. The minimum Gasteiger partial charge on any atom is -0.368 e. The average molecular weight is 380 g/mol. The molecule has 0 radical (unpaired) electrons. The van der Waals surface area contributed by atoms with Crippen molar-refractivity contribution in [1.82, 2.24) is 20.4 Å². The highest BCUT2D eigenvalue weighted by Gasteiger charge is 2.31. The molecule has 0 bridgehead atoms. The minimum absolute atomic E-state index is 0.0672. The van der Waals surface area contributed by atoms with Crippen LogP contribution in [0.3, 0.4) is 0 Å². The molecule has 3 fully saturated rings. The molecule has 2 heterocycles. The maximum atomic E-state index is 12.3. The van der Waals surface area contributed by atoms with Gasteiger partial charge in [-0.25, -0.2) is 4.79 Å². The Morgan fingerprint density at radius 2 is 1.74 bits per heavy atom. The van der Waals surface area contributed by atoms with Crippen molar-refractivity contribution in [2.45, 2.75) is 57.6 Å². The van der Waals surface area contributed by atoms with E-state index >= 15 is 0 Å². The van der Waals surface area contributed by atoms with Crippen molar-refractivity contribution in [2.75, 3.05) is 39.3 Å². The van der Waals surface area contributed by atoms with Crippen molar-refractivity contribution in [3.8, 4) is 0 Å². The van der Waals surface area contributed by atoms with Crippen LogP contribution in [0.1, 0.15) is 45.4 Å². The molecule has 1 aliphatic carbocycles. The van der Waals surface area contributed by atoms with Crippen LogP contribution in [0.15, 0.2) is 0 Å². The highest BCUT2D eigenvalue weighted by atomic mass is 16.5. The monoisotopic (exact) mass is 380 g/mol. The normalized spacial score (nSPS) is 29.4. The predicted octanol–water partition coefficient (Wildman–Crippen LogP) is 0.714. The van der Waals surface area contributed by atoms with Crippen LogP contribution in [-0.2, 0) is 14.3 Å². The lowest BCUT2D eigenvalue weighted by atomic mass is 9.86.